The summed E-state index contributed by atoms with van der Waals surface area (Å²) in [6.45, 7) is 5.08. The van der Waals surface area contributed by atoms with E-state index in [1.807, 2.05) is 13.1 Å². The van der Waals surface area contributed by atoms with E-state index in [1.54, 1.807) is 7.11 Å². The van der Waals surface area contributed by atoms with Crippen LogP contribution in [0.2, 0.25) is 0 Å². The minimum Gasteiger partial charge on any atom is -0.467 e. The average Bonchev–Trinajstić information content (AvgIpc) is 2.83. The predicted octanol–water partition coefficient (Wildman–Crippen LogP) is 0.851. The molecule has 2 aromatic rings. The molecule has 0 spiro atoms. The van der Waals surface area contributed by atoms with Crippen LogP contribution in [0.5, 0.6) is 6.01 Å². The van der Waals surface area contributed by atoms with Crippen molar-refractivity contribution in [3.05, 3.63) is 17.5 Å². The van der Waals surface area contributed by atoms with E-state index in [1.165, 1.54) is 5.56 Å². The molecule has 6 nitrogen and oxygen atoms in total. The van der Waals surface area contributed by atoms with E-state index in [0.717, 1.165) is 36.4 Å². The summed E-state index contributed by atoms with van der Waals surface area (Å²) in [6.07, 6.45) is 2.03. The second kappa shape index (κ2) is 4.79. The fourth-order valence-electron chi connectivity index (χ4n) is 2.69. The molecule has 1 aliphatic rings. The molecule has 2 aromatic heterocycles. The van der Waals surface area contributed by atoms with Crippen LogP contribution in [0.15, 0.2) is 6.20 Å². The first-order valence-corrected chi connectivity index (χ1v) is 6.50. The first-order valence-electron chi connectivity index (χ1n) is 6.50. The maximum absolute atomic E-state index is 5.11. The largest absolute Gasteiger partial charge is 0.467 e. The van der Waals surface area contributed by atoms with Crippen molar-refractivity contribution in [1.29, 1.82) is 0 Å². The number of rotatable bonds is 2. The molecular formula is C13H19N5O. The lowest BCUT2D eigenvalue weighted by molar-refractivity contribution is 0.241. The smallest absolute Gasteiger partial charge is 0.318 e. The summed E-state index contributed by atoms with van der Waals surface area (Å²) in [5.41, 5.74) is 3.03. The van der Waals surface area contributed by atoms with E-state index in [4.69, 9.17) is 4.74 Å². The third-order valence-electron chi connectivity index (χ3n) is 3.66. The number of H-pyrrole nitrogens is 1. The van der Waals surface area contributed by atoms with Gasteiger partial charge in [-0.3, -0.25) is 0 Å². The SMILES string of the molecule is COc1nc(C)c2c(C3CN(C)CCN3)c[nH]c2n1. The zero-order chi connectivity index (χ0) is 13.4. The Morgan fingerprint density at radius 1 is 1.42 bits per heavy atom. The van der Waals surface area contributed by atoms with Crippen LogP contribution in [0.3, 0.4) is 0 Å². The monoisotopic (exact) mass is 261 g/mol. The van der Waals surface area contributed by atoms with E-state index in [0.29, 0.717) is 12.1 Å². The fraction of sp³-hybridized carbons (Fsp3) is 0.538. The van der Waals surface area contributed by atoms with Gasteiger partial charge < -0.3 is 19.9 Å². The third kappa shape index (κ3) is 2.17. The molecule has 0 aromatic carbocycles. The number of hydrogen-bond donors (Lipinski definition) is 2. The van der Waals surface area contributed by atoms with E-state index in [9.17, 15) is 0 Å². The van der Waals surface area contributed by atoms with Crippen molar-refractivity contribution in [3.8, 4) is 6.01 Å². The lowest BCUT2D eigenvalue weighted by Crippen LogP contribution is -2.43. The van der Waals surface area contributed by atoms with Gasteiger partial charge in [0.25, 0.3) is 0 Å². The number of nitrogens with one attached hydrogen (secondary N) is 2. The molecule has 102 valence electrons. The topological polar surface area (TPSA) is 66.1 Å². The molecule has 0 bridgehead atoms. The Morgan fingerprint density at radius 3 is 3.00 bits per heavy atom. The van der Waals surface area contributed by atoms with Gasteiger partial charge in [0.15, 0.2) is 0 Å². The summed E-state index contributed by atoms with van der Waals surface area (Å²) in [7, 11) is 3.73. The molecular weight excluding hydrogens is 242 g/mol. The van der Waals surface area contributed by atoms with Gasteiger partial charge in [0.2, 0.25) is 0 Å². The van der Waals surface area contributed by atoms with Gasteiger partial charge in [-0.2, -0.15) is 9.97 Å². The number of fused-ring (bicyclic) bond motifs is 1. The number of methoxy groups -OCH3 is 1. The molecule has 1 unspecified atom stereocenters. The van der Waals surface area contributed by atoms with Crippen molar-refractivity contribution in [3.63, 3.8) is 0 Å². The molecule has 1 saturated heterocycles. The van der Waals surface area contributed by atoms with E-state index < -0.39 is 0 Å². The third-order valence-corrected chi connectivity index (χ3v) is 3.66. The lowest BCUT2D eigenvalue weighted by atomic mass is 10.0. The highest BCUT2D eigenvalue weighted by Gasteiger charge is 2.22. The number of ether oxygens (including phenoxy) is 1. The van der Waals surface area contributed by atoms with Crippen LogP contribution in [0.1, 0.15) is 17.3 Å². The zero-order valence-corrected chi connectivity index (χ0v) is 11.5. The van der Waals surface area contributed by atoms with Gasteiger partial charge in [-0.1, -0.05) is 0 Å². The first kappa shape index (κ1) is 12.4. The van der Waals surface area contributed by atoms with E-state index in [2.05, 4.69) is 32.2 Å². The molecule has 19 heavy (non-hydrogen) atoms. The lowest BCUT2D eigenvalue weighted by Gasteiger charge is -2.30. The first-order chi connectivity index (χ1) is 9.19. The molecule has 3 heterocycles. The number of aromatic nitrogens is 3. The Hall–Kier alpha value is -1.66. The molecule has 6 heteroatoms. The minimum absolute atomic E-state index is 0.322. The summed E-state index contributed by atoms with van der Waals surface area (Å²) in [5.74, 6) is 0. The molecule has 0 saturated carbocycles. The molecule has 0 aliphatic carbocycles. The van der Waals surface area contributed by atoms with Gasteiger partial charge in [-0.15, -0.1) is 0 Å². The molecule has 2 N–H and O–H groups in total. The van der Waals surface area contributed by atoms with Crippen molar-refractivity contribution >= 4 is 11.0 Å². The van der Waals surface area contributed by atoms with Crippen LogP contribution >= 0.6 is 0 Å². The molecule has 1 atom stereocenters. The highest BCUT2D eigenvalue weighted by atomic mass is 16.5. The quantitative estimate of drug-likeness (QED) is 0.839. The molecule has 3 rings (SSSR count). The number of hydrogen-bond acceptors (Lipinski definition) is 5. The van der Waals surface area contributed by atoms with Crippen LogP contribution in [-0.2, 0) is 0 Å². The number of aromatic amines is 1. The highest BCUT2D eigenvalue weighted by Crippen LogP contribution is 2.27. The van der Waals surface area contributed by atoms with Gasteiger partial charge >= 0.3 is 6.01 Å². The van der Waals surface area contributed by atoms with Gasteiger partial charge in [-0.25, -0.2) is 0 Å². The molecule has 1 fully saturated rings. The van der Waals surface area contributed by atoms with Crippen LogP contribution in [-0.4, -0.2) is 53.6 Å². The Kier molecular flexibility index (Phi) is 3.12. The summed E-state index contributed by atoms with van der Waals surface area (Å²) < 4.78 is 5.11. The van der Waals surface area contributed by atoms with Crippen molar-refractivity contribution < 1.29 is 4.74 Å². The standard InChI is InChI=1S/C13H19N5O/c1-8-11-9(10-7-18(2)5-4-14-10)6-15-12(11)17-13(16-8)19-3/h6,10,14H,4-5,7H2,1-3H3,(H,15,16,17). The highest BCUT2D eigenvalue weighted by molar-refractivity contribution is 5.83. The second-order valence-electron chi connectivity index (χ2n) is 5.03. The zero-order valence-electron chi connectivity index (χ0n) is 11.5. The van der Waals surface area contributed by atoms with Crippen molar-refractivity contribution in [1.82, 2.24) is 25.2 Å². The van der Waals surface area contributed by atoms with Crippen molar-refractivity contribution in [2.75, 3.05) is 33.8 Å². The van der Waals surface area contributed by atoms with Crippen molar-refractivity contribution in [2.24, 2.45) is 0 Å². The molecule has 0 radical (unpaired) electrons. The molecule has 1 aliphatic heterocycles. The van der Waals surface area contributed by atoms with Gasteiger partial charge in [0.05, 0.1) is 12.8 Å². The van der Waals surface area contributed by atoms with E-state index in [-0.39, 0.29) is 0 Å². The number of piperazine rings is 1. The van der Waals surface area contributed by atoms with Gasteiger partial charge in [0, 0.05) is 37.3 Å². The Labute approximate surface area is 112 Å². The minimum atomic E-state index is 0.322. The summed E-state index contributed by atoms with van der Waals surface area (Å²) in [4.78, 5) is 14.3. The molecule has 0 amide bonds. The van der Waals surface area contributed by atoms with Gasteiger partial charge in [0.1, 0.15) is 5.65 Å². The fourth-order valence-corrected chi connectivity index (χ4v) is 2.69. The Morgan fingerprint density at radius 2 is 2.26 bits per heavy atom. The second-order valence-corrected chi connectivity index (χ2v) is 5.03. The van der Waals surface area contributed by atoms with Crippen LogP contribution in [0.4, 0.5) is 0 Å². The van der Waals surface area contributed by atoms with Crippen LogP contribution in [0.25, 0.3) is 11.0 Å². The Balaban J connectivity index is 2.05. The van der Waals surface area contributed by atoms with Crippen LogP contribution in [0, 0.1) is 6.92 Å². The predicted molar refractivity (Wildman–Crippen MR) is 73.4 cm³/mol. The van der Waals surface area contributed by atoms with Crippen molar-refractivity contribution in [2.45, 2.75) is 13.0 Å². The Bertz CT molecular complexity index is 594. The average molecular weight is 261 g/mol. The summed E-state index contributed by atoms with van der Waals surface area (Å²) in [5, 5.41) is 4.66. The van der Waals surface area contributed by atoms with Gasteiger partial charge in [-0.05, 0) is 19.5 Å². The van der Waals surface area contributed by atoms with E-state index >= 15 is 0 Å². The maximum Gasteiger partial charge on any atom is 0.318 e. The number of likely N-dealkylation sites (N-methyl/N-ethyl adjacent to an activating group) is 1. The van der Waals surface area contributed by atoms with Crippen LogP contribution < -0.4 is 10.1 Å². The normalized spacial score (nSPS) is 20.9. The number of aryl methyl sites for hydroxylation is 1. The summed E-state index contributed by atoms with van der Waals surface area (Å²) in [6, 6.07) is 0.732. The summed E-state index contributed by atoms with van der Waals surface area (Å²) >= 11 is 0. The maximum atomic E-state index is 5.11. The number of nitrogens with zero attached hydrogens (tertiary/aromatic N) is 3.